The van der Waals surface area contributed by atoms with Crippen molar-refractivity contribution in [3.63, 3.8) is 0 Å². The molecule has 5 aromatic rings. The Morgan fingerprint density at radius 1 is 0.621 bits per heavy atom. The molecule has 0 unspecified atom stereocenters. The summed E-state index contributed by atoms with van der Waals surface area (Å²) in [6, 6.07) is 28.2. The number of hydrogen-bond acceptors (Lipinski definition) is 1. The van der Waals surface area contributed by atoms with Gasteiger partial charge >= 0.3 is 0 Å². The van der Waals surface area contributed by atoms with E-state index in [1.807, 2.05) is 6.07 Å². The molecule has 1 heterocycles. The zero-order chi connectivity index (χ0) is 20.1. The zero-order valence-electron chi connectivity index (χ0n) is 17.0. The number of para-hydroxylation sites is 2. The van der Waals surface area contributed by atoms with Gasteiger partial charge in [-0.2, -0.15) is 0 Å². The van der Waals surface area contributed by atoms with Gasteiger partial charge in [-0.15, -0.1) is 0 Å². The van der Waals surface area contributed by atoms with Crippen LogP contribution >= 0.6 is 0 Å². The van der Waals surface area contributed by atoms with E-state index in [9.17, 15) is 0 Å². The maximum atomic E-state index is 6.13. The van der Waals surface area contributed by atoms with Crippen LogP contribution in [-0.4, -0.2) is 4.57 Å². The summed E-state index contributed by atoms with van der Waals surface area (Å²) in [4.78, 5) is 0. The van der Waals surface area contributed by atoms with E-state index < -0.39 is 0 Å². The third-order valence-corrected chi connectivity index (χ3v) is 6.18. The van der Waals surface area contributed by atoms with Gasteiger partial charge in [-0.3, -0.25) is 0 Å². The Balaban J connectivity index is 1.82. The van der Waals surface area contributed by atoms with E-state index in [4.69, 9.17) is 5.73 Å². The number of fused-ring (bicyclic) bond motifs is 3. The molecule has 0 aliphatic rings. The normalized spacial score (nSPS) is 11.4. The average molecular weight is 377 g/mol. The van der Waals surface area contributed by atoms with Crippen LogP contribution in [0.3, 0.4) is 0 Å². The van der Waals surface area contributed by atoms with Crippen molar-refractivity contribution in [2.24, 2.45) is 0 Å². The van der Waals surface area contributed by atoms with Gasteiger partial charge < -0.3 is 10.3 Å². The van der Waals surface area contributed by atoms with Crippen molar-refractivity contribution < 1.29 is 0 Å². The number of nitrogen functional groups attached to an aromatic ring is 1. The van der Waals surface area contributed by atoms with Gasteiger partial charge in [-0.05, 0) is 78.9 Å². The lowest BCUT2D eigenvalue weighted by Crippen LogP contribution is -1.98. The molecule has 0 aliphatic carbocycles. The Morgan fingerprint density at radius 2 is 1.24 bits per heavy atom. The molecule has 2 nitrogen and oxygen atoms in total. The molecule has 0 aliphatic heterocycles. The van der Waals surface area contributed by atoms with Crippen molar-refractivity contribution in [1.82, 2.24) is 4.57 Å². The summed E-state index contributed by atoms with van der Waals surface area (Å²) in [6.45, 7) is 6.43. The summed E-state index contributed by atoms with van der Waals surface area (Å²) in [5.74, 6) is 0. The molecule has 1 aromatic heterocycles. The molecule has 0 fully saturated rings. The molecule has 29 heavy (non-hydrogen) atoms. The van der Waals surface area contributed by atoms with E-state index in [0.29, 0.717) is 0 Å². The van der Waals surface area contributed by atoms with Crippen molar-refractivity contribution in [2.45, 2.75) is 20.8 Å². The number of benzene rings is 4. The number of aryl methyl sites for hydroxylation is 1. The molecular formula is C27H24N2. The van der Waals surface area contributed by atoms with Gasteiger partial charge in [0.15, 0.2) is 0 Å². The zero-order valence-corrected chi connectivity index (χ0v) is 17.0. The summed E-state index contributed by atoms with van der Waals surface area (Å²) < 4.78 is 2.37. The summed E-state index contributed by atoms with van der Waals surface area (Å²) in [6.07, 6.45) is 0. The van der Waals surface area contributed by atoms with Crippen molar-refractivity contribution in [2.75, 3.05) is 5.73 Å². The van der Waals surface area contributed by atoms with Crippen molar-refractivity contribution in [3.05, 3.63) is 95.6 Å². The second-order valence-corrected chi connectivity index (χ2v) is 7.82. The van der Waals surface area contributed by atoms with E-state index in [1.165, 1.54) is 49.7 Å². The number of hydrogen-bond donors (Lipinski definition) is 1. The third kappa shape index (κ3) is 2.64. The fourth-order valence-electron chi connectivity index (χ4n) is 4.37. The molecular weight excluding hydrogens is 352 g/mol. The molecule has 0 bridgehead atoms. The fourth-order valence-corrected chi connectivity index (χ4v) is 4.37. The lowest BCUT2D eigenvalue weighted by atomic mass is 9.93. The molecule has 0 amide bonds. The number of nitrogens with zero attached hydrogens (tertiary/aromatic N) is 1. The smallest absolute Gasteiger partial charge is 0.0541 e. The van der Waals surface area contributed by atoms with Crippen LogP contribution in [-0.2, 0) is 0 Å². The molecule has 142 valence electrons. The first-order chi connectivity index (χ1) is 14.1. The maximum Gasteiger partial charge on any atom is 0.0541 e. The van der Waals surface area contributed by atoms with Gasteiger partial charge in [0.2, 0.25) is 0 Å². The Morgan fingerprint density at radius 3 is 1.90 bits per heavy atom. The summed E-state index contributed by atoms with van der Waals surface area (Å²) >= 11 is 0. The Kier molecular flexibility index (Phi) is 3.95. The third-order valence-electron chi connectivity index (χ3n) is 6.18. The average Bonchev–Trinajstić information content (AvgIpc) is 3.08. The fraction of sp³-hybridized carbons (Fsp3) is 0.111. The van der Waals surface area contributed by atoms with E-state index in [2.05, 4.69) is 98.1 Å². The van der Waals surface area contributed by atoms with E-state index in [0.717, 1.165) is 11.3 Å². The van der Waals surface area contributed by atoms with Crippen molar-refractivity contribution >= 4 is 27.5 Å². The number of nitrogens with two attached hydrogens (primary N) is 1. The number of anilines is 1. The van der Waals surface area contributed by atoms with Crippen LogP contribution in [0.25, 0.3) is 38.6 Å². The van der Waals surface area contributed by atoms with Crippen LogP contribution in [0.5, 0.6) is 0 Å². The lowest BCUT2D eigenvalue weighted by Gasteiger charge is -2.16. The summed E-state index contributed by atoms with van der Waals surface area (Å²) in [5, 5.41) is 2.56. The minimum atomic E-state index is 0.849. The largest absolute Gasteiger partial charge is 0.399 e. The Bertz CT molecular complexity index is 1340. The Hall–Kier alpha value is -3.52. The van der Waals surface area contributed by atoms with E-state index in [-0.39, 0.29) is 0 Å². The van der Waals surface area contributed by atoms with Gasteiger partial charge in [0.05, 0.1) is 11.0 Å². The second kappa shape index (κ2) is 6.52. The molecule has 0 saturated heterocycles. The summed E-state index contributed by atoms with van der Waals surface area (Å²) in [5.41, 5.74) is 16.8. The number of aromatic nitrogens is 1. The lowest BCUT2D eigenvalue weighted by molar-refractivity contribution is 1.17. The quantitative estimate of drug-likeness (QED) is 0.332. The molecule has 4 aromatic carbocycles. The van der Waals surface area contributed by atoms with Crippen molar-refractivity contribution in [3.8, 4) is 16.8 Å². The first-order valence-corrected chi connectivity index (χ1v) is 10.0. The highest BCUT2D eigenvalue weighted by Crippen LogP contribution is 2.36. The van der Waals surface area contributed by atoms with Gasteiger partial charge in [0.25, 0.3) is 0 Å². The molecule has 2 N–H and O–H groups in total. The van der Waals surface area contributed by atoms with Crippen LogP contribution < -0.4 is 5.73 Å². The minimum absolute atomic E-state index is 0.849. The molecule has 0 spiro atoms. The standard InChI is InChI=1S/C27H24N2/c1-17-12-13-20(16-24(17)21-14-15-25(28)19(3)18(21)2)29-26-10-6-4-8-22(26)23-9-5-7-11-27(23)29/h4-16H,28H2,1-3H3. The minimum Gasteiger partial charge on any atom is -0.399 e. The monoisotopic (exact) mass is 376 g/mol. The summed E-state index contributed by atoms with van der Waals surface area (Å²) in [7, 11) is 0. The SMILES string of the molecule is Cc1ccc(-n2c3ccccc3c3ccccc32)cc1-c1ccc(N)c(C)c1C. The molecule has 0 atom stereocenters. The van der Waals surface area contributed by atoms with Crippen molar-refractivity contribution in [1.29, 1.82) is 0 Å². The topological polar surface area (TPSA) is 30.9 Å². The molecule has 0 saturated carbocycles. The van der Waals surface area contributed by atoms with Crippen LogP contribution in [0.1, 0.15) is 16.7 Å². The van der Waals surface area contributed by atoms with Gasteiger partial charge in [0, 0.05) is 22.1 Å². The highest BCUT2D eigenvalue weighted by atomic mass is 15.0. The Labute approximate surface area is 171 Å². The predicted octanol–water partition coefficient (Wildman–Crippen LogP) is 6.96. The van der Waals surface area contributed by atoms with Crippen LogP contribution in [0.15, 0.2) is 78.9 Å². The van der Waals surface area contributed by atoms with E-state index >= 15 is 0 Å². The van der Waals surface area contributed by atoms with Crippen LogP contribution in [0, 0.1) is 20.8 Å². The first-order valence-electron chi connectivity index (χ1n) is 10.0. The number of rotatable bonds is 2. The predicted molar refractivity (Wildman–Crippen MR) is 125 cm³/mol. The highest BCUT2D eigenvalue weighted by molar-refractivity contribution is 6.09. The highest BCUT2D eigenvalue weighted by Gasteiger charge is 2.14. The van der Waals surface area contributed by atoms with Crippen LogP contribution in [0.2, 0.25) is 0 Å². The van der Waals surface area contributed by atoms with Gasteiger partial charge in [-0.1, -0.05) is 48.5 Å². The molecule has 0 radical (unpaired) electrons. The molecule has 2 heteroatoms. The maximum absolute atomic E-state index is 6.13. The molecule has 5 rings (SSSR count). The van der Waals surface area contributed by atoms with Crippen LogP contribution in [0.4, 0.5) is 5.69 Å². The van der Waals surface area contributed by atoms with Gasteiger partial charge in [-0.25, -0.2) is 0 Å². The van der Waals surface area contributed by atoms with Gasteiger partial charge in [0.1, 0.15) is 0 Å². The second-order valence-electron chi connectivity index (χ2n) is 7.82. The van der Waals surface area contributed by atoms with E-state index in [1.54, 1.807) is 0 Å². The first kappa shape index (κ1) is 17.6.